The molecule has 90 valence electrons. The highest BCUT2D eigenvalue weighted by Crippen LogP contribution is 2.23. The molecule has 0 aromatic carbocycles. The van der Waals surface area contributed by atoms with Crippen molar-refractivity contribution in [3.8, 4) is 0 Å². The molecule has 0 bridgehead atoms. The van der Waals surface area contributed by atoms with Crippen LogP contribution in [-0.4, -0.2) is 47.1 Å². The number of hydrogen-bond donors (Lipinski definition) is 2. The van der Waals surface area contributed by atoms with Crippen molar-refractivity contribution in [3.63, 3.8) is 0 Å². The second kappa shape index (κ2) is 4.41. The van der Waals surface area contributed by atoms with E-state index < -0.39 is 12.0 Å². The van der Waals surface area contributed by atoms with Gasteiger partial charge in [-0.2, -0.15) is 0 Å². The standard InChI is InChI=1S/C11H18N2O3/c1-7-4-5-12-9(7)10(14)13-6-2-3-8(13)11(15)16/h7-9,12H,2-6H2,1H3,(H,15,16)/t7?,8-,9?/m0/s1. The minimum Gasteiger partial charge on any atom is -0.480 e. The first-order valence-electron chi connectivity index (χ1n) is 5.88. The van der Waals surface area contributed by atoms with E-state index >= 15 is 0 Å². The van der Waals surface area contributed by atoms with Crippen molar-refractivity contribution in [3.05, 3.63) is 0 Å². The SMILES string of the molecule is CC1CCNC1C(=O)N1CCC[C@H]1C(=O)O. The molecule has 0 radical (unpaired) electrons. The topological polar surface area (TPSA) is 69.6 Å². The van der Waals surface area contributed by atoms with E-state index in [0.717, 1.165) is 19.4 Å². The van der Waals surface area contributed by atoms with Crippen molar-refractivity contribution in [2.75, 3.05) is 13.1 Å². The Morgan fingerprint density at radius 1 is 1.38 bits per heavy atom. The summed E-state index contributed by atoms with van der Waals surface area (Å²) in [6.07, 6.45) is 2.37. The molecule has 5 nitrogen and oxygen atoms in total. The Hall–Kier alpha value is -1.10. The molecule has 2 fully saturated rings. The van der Waals surface area contributed by atoms with Gasteiger partial charge >= 0.3 is 5.97 Å². The number of rotatable bonds is 2. The molecule has 3 atom stereocenters. The molecule has 2 heterocycles. The molecule has 0 saturated carbocycles. The maximum absolute atomic E-state index is 12.2. The van der Waals surface area contributed by atoms with Gasteiger partial charge in [0, 0.05) is 6.54 Å². The summed E-state index contributed by atoms with van der Waals surface area (Å²) in [6.45, 7) is 3.47. The highest BCUT2D eigenvalue weighted by molar-refractivity contribution is 5.88. The Kier molecular flexibility index (Phi) is 3.14. The van der Waals surface area contributed by atoms with Crippen molar-refractivity contribution >= 4 is 11.9 Å². The third kappa shape index (κ3) is 1.91. The molecule has 2 N–H and O–H groups in total. The van der Waals surface area contributed by atoms with Crippen LogP contribution in [0.15, 0.2) is 0 Å². The summed E-state index contributed by atoms with van der Waals surface area (Å²) in [5.74, 6) is -0.603. The number of carbonyl (C=O) groups is 2. The van der Waals surface area contributed by atoms with Crippen LogP contribution in [0.4, 0.5) is 0 Å². The van der Waals surface area contributed by atoms with Crippen molar-refractivity contribution < 1.29 is 14.7 Å². The van der Waals surface area contributed by atoms with Gasteiger partial charge in [0.05, 0.1) is 6.04 Å². The van der Waals surface area contributed by atoms with Gasteiger partial charge in [-0.05, 0) is 31.7 Å². The number of likely N-dealkylation sites (tertiary alicyclic amines) is 1. The summed E-state index contributed by atoms with van der Waals surface area (Å²) in [5, 5.41) is 12.2. The Balaban J connectivity index is 2.06. The van der Waals surface area contributed by atoms with Crippen LogP contribution >= 0.6 is 0 Å². The molecule has 2 unspecified atom stereocenters. The smallest absolute Gasteiger partial charge is 0.326 e. The van der Waals surface area contributed by atoms with E-state index in [0.29, 0.717) is 18.9 Å². The van der Waals surface area contributed by atoms with Crippen molar-refractivity contribution in [2.24, 2.45) is 5.92 Å². The summed E-state index contributed by atoms with van der Waals surface area (Å²) in [6, 6.07) is -0.790. The average molecular weight is 226 g/mol. The lowest BCUT2D eigenvalue weighted by Gasteiger charge is -2.26. The van der Waals surface area contributed by atoms with Crippen molar-refractivity contribution in [1.29, 1.82) is 0 Å². The zero-order chi connectivity index (χ0) is 11.7. The number of carboxylic acids is 1. The summed E-state index contributed by atoms with van der Waals surface area (Å²) in [4.78, 5) is 24.7. The average Bonchev–Trinajstić information content (AvgIpc) is 2.84. The lowest BCUT2D eigenvalue weighted by Crippen LogP contribution is -2.49. The fourth-order valence-electron chi connectivity index (χ4n) is 2.63. The molecule has 2 rings (SSSR count). The lowest BCUT2D eigenvalue weighted by atomic mass is 10.0. The second-order valence-corrected chi connectivity index (χ2v) is 4.73. The number of carboxylic acid groups (broad SMARTS) is 1. The van der Waals surface area contributed by atoms with E-state index in [1.807, 2.05) is 6.92 Å². The number of aliphatic carboxylic acids is 1. The van der Waals surface area contributed by atoms with E-state index in [-0.39, 0.29) is 11.9 Å². The second-order valence-electron chi connectivity index (χ2n) is 4.73. The van der Waals surface area contributed by atoms with Crippen LogP contribution in [0.25, 0.3) is 0 Å². The first kappa shape index (κ1) is 11.4. The maximum Gasteiger partial charge on any atom is 0.326 e. The van der Waals surface area contributed by atoms with E-state index in [9.17, 15) is 9.59 Å². The minimum atomic E-state index is -0.878. The first-order valence-corrected chi connectivity index (χ1v) is 5.88. The molecular formula is C11H18N2O3. The maximum atomic E-state index is 12.2. The number of nitrogens with zero attached hydrogens (tertiary/aromatic N) is 1. The van der Waals surface area contributed by atoms with Gasteiger partial charge in [-0.3, -0.25) is 4.79 Å². The van der Waals surface area contributed by atoms with Gasteiger partial charge < -0.3 is 15.3 Å². The van der Waals surface area contributed by atoms with Gasteiger partial charge in [0.15, 0.2) is 0 Å². The van der Waals surface area contributed by atoms with Crippen LogP contribution in [0.1, 0.15) is 26.2 Å². The van der Waals surface area contributed by atoms with Gasteiger partial charge in [-0.25, -0.2) is 4.79 Å². The summed E-state index contributed by atoms with van der Waals surface area (Å²) in [7, 11) is 0. The largest absolute Gasteiger partial charge is 0.480 e. The first-order chi connectivity index (χ1) is 7.61. The van der Waals surface area contributed by atoms with Gasteiger partial charge in [0.25, 0.3) is 0 Å². The lowest BCUT2D eigenvalue weighted by molar-refractivity contribution is -0.149. The Morgan fingerprint density at radius 2 is 2.12 bits per heavy atom. The third-order valence-electron chi connectivity index (χ3n) is 3.62. The zero-order valence-electron chi connectivity index (χ0n) is 9.48. The summed E-state index contributed by atoms with van der Waals surface area (Å²) in [5.41, 5.74) is 0. The zero-order valence-corrected chi connectivity index (χ0v) is 9.48. The monoisotopic (exact) mass is 226 g/mol. The molecule has 16 heavy (non-hydrogen) atoms. The van der Waals surface area contributed by atoms with Crippen LogP contribution in [0.2, 0.25) is 0 Å². The highest BCUT2D eigenvalue weighted by Gasteiger charge is 2.39. The molecule has 2 saturated heterocycles. The Bertz CT molecular complexity index is 306. The molecule has 2 aliphatic heterocycles. The summed E-state index contributed by atoms with van der Waals surface area (Å²) < 4.78 is 0. The fraction of sp³-hybridized carbons (Fsp3) is 0.818. The number of carbonyl (C=O) groups excluding carboxylic acids is 1. The van der Waals surface area contributed by atoms with Crippen LogP contribution in [0.3, 0.4) is 0 Å². The quantitative estimate of drug-likeness (QED) is 0.698. The van der Waals surface area contributed by atoms with Crippen molar-refractivity contribution in [2.45, 2.75) is 38.3 Å². The summed E-state index contributed by atoms with van der Waals surface area (Å²) >= 11 is 0. The predicted octanol–water partition coefficient (Wildman–Crippen LogP) is 0.0600. The highest BCUT2D eigenvalue weighted by atomic mass is 16.4. The fourth-order valence-corrected chi connectivity index (χ4v) is 2.63. The molecule has 0 aromatic rings. The van der Waals surface area contributed by atoms with E-state index in [1.165, 1.54) is 4.90 Å². The van der Waals surface area contributed by atoms with Gasteiger partial charge in [-0.1, -0.05) is 6.92 Å². The molecule has 0 aromatic heterocycles. The van der Waals surface area contributed by atoms with E-state index in [4.69, 9.17) is 5.11 Å². The van der Waals surface area contributed by atoms with Gasteiger partial charge in [0.2, 0.25) is 5.91 Å². The van der Waals surface area contributed by atoms with E-state index in [2.05, 4.69) is 5.32 Å². The minimum absolute atomic E-state index is 0.0325. The predicted molar refractivity (Wildman–Crippen MR) is 57.9 cm³/mol. The molecule has 0 aliphatic carbocycles. The van der Waals surface area contributed by atoms with Crippen LogP contribution in [0, 0.1) is 5.92 Å². The molecule has 5 heteroatoms. The molecule has 1 amide bonds. The molecule has 2 aliphatic rings. The number of nitrogens with one attached hydrogen (secondary N) is 1. The molecular weight excluding hydrogens is 208 g/mol. The third-order valence-corrected chi connectivity index (χ3v) is 3.62. The van der Waals surface area contributed by atoms with Gasteiger partial charge in [0.1, 0.15) is 6.04 Å². The van der Waals surface area contributed by atoms with Crippen LogP contribution in [-0.2, 0) is 9.59 Å². The van der Waals surface area contributed by atoms with Gasteiger partial charge in [-0.15, -0.1) is 0 Å². The van der Waals surface area contributed by atoms with E-state index in [1.54, 1.807) is 0 Å². The van der Waals surface area contributed by atoms with Crippen molar-refractivity contribution in [1.82, 2.24) is 10.2 Å². The normalized spacial score (nSPS) is 34.3. The van der Waals surface area contributed by atoms with Crippen LogP contribution in [0.5, 0.6) is 0 Å². The van der Waals surface area contributed by atoms with Crippen LogP contribution < -0.4 is 5.32 Å². The Labute approximate surface area is 94.8 Å². The number of amides is 1. The molecule has 0 spiro atoms. The number of hydrogen-bond acceptors (Lipinski definition) is 3. The Morgan fingerprint density at radius 3 is 2.69 bits per heavy atom.